The van der Waals surface area contributed by atoms with Crippen molar-refractivity contribution in [3.05, 3.63) is 88.8 Å². The summed E-state index contributed by atoms with van der Waals surface area (Å²) in [6.07, 6.45) is 1.48. The van der Waals surface area contributed by atoms with Crippen molar-refractivity contribution in [1.82, 2.24) is 4.98 Å². The van der Waals surface area contributed by atoms with E-state index in [0.717, 1.165) is 5.56 Å². The van der Waals surface area contributed by atoms with Gasteiger partial charge in [0.2, 0.25) is 0 Å². The molecule has 0 amide bonds. The number of rotatable bonds is 5. The van der Waals surface area contributed by atoms with Gasteiger partial charge in [0, 0.05) is 5.02 Å². The van der Waals surface area contributed by atoms with E-state index in [1.54, 1.807) is 55.5 Å². The van der Waals surface area contributed by atoms with Crippen LogP contribution in [-0.2, 0) is 14.9 Å². The van der Waals surface area contributed by atoms with E-state index < -0.39 is 28.0 Å². The molecule has 5 nitrogen and oxygen atoms in total. The van der Waals surface area contributed by atoms with Crippen LogP contribution in [0.2, 0.25) is 5.02 Å². The number of carbonyl (C=O) groups is 1. The minimum Gasteiger partial charge on any atom is -0.436 e. The molecular formula is C25H20ClFN2O3. The SMILES string of the molecule is CC1(C)C(C)(C(=O)OC#N)C1(c1ccc(Cl)cc1)c1ccc(F)c(Oc2ccccc2)n1. The summed E-state index contributed by atoms with van der Waals surface area (Å²) in [5, 5.41) is 9.53. The van der Waals surface area contributed by atoms with Gasteiger partial charge in [0.15, 0.2) is 5.82 Å². The molecule has 3 aromatic rings. The zero-order valence-corrected chi connectivity index (χ0v) is 18.5. The van der Waals surface area contributed by atoms with E-state index in [1.807, 2.05) is 19.9 Å². The Labute approximate surface area is 190 Å². The first-order valence-electron chi connectivity index (χ1n) is 9.96. The molecule has 0 bridgehead atoms. The summed E-state index contributed by atoms with van der Waals surface area (Å²) in [6.45, 7) is 5.51. The molecule has 1 aliphatic rings. The third-order valence-corrected chi connectivity index (χ3v) is 7.11. The number of ether oxygens (including phenoxy) is 2. The normalized spacial score (nSPS) is 23.1. The number of hydrogen-bond donors (Lipinski definition) is 0. The zero-order valence-electron chi connectivity index (χ0n) is 17.7. The maximum absolute atomic E-state index is 14.6. The first-order chi connectivity index (χ1) is 15.2. The van der Waals surface area contributed by atoms with Gasteiger partial charge >= 0.3 is 5.97 Å². The van der Waals surface area contributed by atoms with Crippen LogP contribution < -0.4 is 4.74 Å². The van der Waals surface area contributed by atoms with Crippen molar-refractivity contribution < 1.29 is 18.7 Å². The summed E-state index contributed by atoms with van der Waals surface area (Å²) in [5.41, 5.74) is -1.72. The summed E-state index contributed by atoms with van der Waals surface area (Å²) in [5.74, 6) is -1.10. The van der Waals surface area contributed by atoms with Gasteiger partial charge in [-0.25, -0.2) is 9.37 Å². The molecule has 1 saturated carbocycles. The number of esters is 1. The van der Waals surface area contributed by atoms with Gasteiger partial charge < -0.3 is 9.47 Å². The molecule has 4 rings (SSSR count). The largest absolute Gasteiger partial charge is 0.436 e. The fourth-order valence-electron chi connectivity index (χ4n) is 5.02. The zero-order chi connectivity index (χ0) is 23.1. The van der Waals surface area contributed by atoms with Crippen molar-refractivity contribution in [2.75, 3.05) is 0 Å². The van der Waals surface area contributed by atoms with Crippen molar-refractivity contribution in [2.45, 2.75) is 26.2 Å². The van der Waals surface area contributed by atoms with Crippen LogP contribution in [0.5, 0.6) is 11.6 Å². The molecular weight excluding hydrogens is 431 g/mol. The average Bonchev–Trinajstić information content (AvgIpc) is 3.20. The highest BCUT2D eigenvalue weighted by molar-refractivity contribution is 6.30. The van der Waals surface area contributed by atoms with E-state index in [9.17, 15) is 9.18 Å². The van der Waals surface area contributed by atoms with Gasteiger partial charge in [0.25, 0.3) is 12.1 Å². The van der Waals surface area contributed by atoms with Crippen LogP contribution in [0.1, 0.15) is 32.0 Å². The molecule has 2 atom stereocenters. The number of hydrogen-bond acceptors (Lipinski definition) is 5. The van der Waals surface area contributed by atoms with E-state index >= 15 is 0 Å². The van der Waals surface area contributed by atoms with Gasteiger partial charge in [-0.1, -0.05) is 55.8 Å². The minimum absolute atomic E-state index is 0.208. The van der Waals surface area contributed by atoms with Crippen LogP contribution in [0, 0.1) is 28.2 Å². The molecule has 162 valence electrons. The maximum Gasteiger partial charge on any atom is 0.329 e. The Morgan fingerprint density at radius 2 is 1.69 bits per heavy atom. The quantitative estimate of drug-likeness (QED) is 0.351. The number of para-hydroxylation sites is 1. The number of halogens is 2. The Morgan fingerprint density at radius 1 is 1.03 bits per heavy atom. The Bertz CT molecular complexity index is 1220. The molecule has 0 saturated heterocycles. The Kier molecular flexibility index (Phi) is 5.18. The van der Waals surface area contributed by atoms with E-state index in [4.69, 9.17) is 26.3 Å². The molecule has 2 unspecified atom stereocenters. The van der Waals surface area contributed by atoms with Crippen LogP contribution in [0.3, 0.4) is 0 Å². The van der Waals surface area contributed by atoms with Gasteiger partial charge in [-0.3, -0.25) is 4.79 Å². The third kappa shape index (κ3) is 2.89. The van der Waals surface area contributed by atoms with Gasteiger partial charge in [-0.05, 0) is 54.3 Å². The number of carbonyl (C=O) groups excluding carboxylic acids is 1. The summed E-state index contributed by atoms with van der Waals surface area (Å²) in [6, 6.07) is 18.6. The van der Waals surface area contributed by atoms with Crippen LogP contribution in [0.4, 0.5) is 4.39 Å². The summed E-state index contributed by atoms with van der Waals surface area (Å²) in [7, 11) is 0. The molecule has 32 heavy (non-hydrogen) atoms. The second kappa shape index (κ2) is 7.61. The monoisotopic (exact) mass is 450 g/mol. The fraction of sp³-hybridized carbons (Fsp3) is 0.240. The van der Waals surface area contributed by atoms with Crippen LogP contribution in [-0.4, -0.2) is 11.0 Å². The van der Waals surface area contributed by atoms with Crippen molar-refractivity contribution >= 4 is 17.6 Å². The maximum atomic E-state index is 14.6. The van der Waals surface area contributed by atoms with Crippen molar-refractivity contribution in [3.63, 3.8) is 0 Å². The van der Waals surface area contributed by atoms with Gasteiger partial charge in [0.1, 0.15) is 5.75 Å². The molecule has 1 aliphatic carbocycles. The standard InChI is InChI=1S/C25H20ClFN2O3/c1-23(2)24(3,22(30)31-15-28)25(23,16-9-11-17(26)12-10-16)20-14-13-19(27)21(29-20)32-18-7-5-4-6-8-18/h4-14H,1-3H3. The summed E-state index contributed by atoms with van der Waals surface area (Å²) >= 11 is 6.10. The van der Waals surface area contributed by atoms with Gasteiger partial charge in [0.05, 0.1) is 16.5 Å². The predicted octanol–water partition coefficient (Wildman–Crippen LogP) is 6.02. The lowest BCUT2D eigenvalue weighted by molar-refractivity contribution is -0.144. The predicted molar refractivity (Wildman–Crippen MR) is 117 cm³/mol. The molecule has 1 fully saturated rings. The highest BCUT2D eigenvalue weighted by atomic mass is 35.5. The number of pyridine rings is 1. The van der Waals surface area contributed by atoms with E-state index in [2.05, 4.69) is 4.98 Å². The van der Waals surface area contributed by atoms with Crippen LogP contribution in [0.15, 0.2) is 66.7 Å². The molecule has 0 aliphatic heterocycles. The topological polar surface area (TPSA) is 72.2 Å². The smallest absolute Gasteiger partial charge is 0.329 e. The molecule has 0 radical (unpaired) electrons. The lowest BCUT2D eigenvalue weighted by Crippen LogP contribution is -2.27. The van der Waals surface area contributed by atoms with Crippen molar-refractivity contribution in [1.29, 1.82) is 5.26 Å². The van der Waals surface area contributed by atoms with Gasteiger partial charge in [-0.15, -0.1) is 5.26 Å². The van der Waals surface area contributed by atoms with Crippen LogP contribution >= 0.6 is 11.6 Å². The molecule has 0 N–H and O–H groups in total. The van der Waals surface area contributed by atoms with E-state index in [0.29, 0.717) is 16.5 Å². The third-order valence-electron chi connectivity index (χ3n) is 6.85. The number of nitrogens with zero attached hydrogens (tertiary/aromatic N) is 2. The Hall–Kier alpha value is -3.43. The Balaban J connectivity index is 1.91. The number of aromatic nitrogens is 1. The average molecular weight is 451 g/mol. The second-order valence-electron chi connectivity index (χ2n) is 8.39. The van der Waals surface area contributed by atoms with Crippen LogP contribution in [0.25, 0.3) is 0 Å². The lowest BCUT2D eigenvalue weighted by atomic mass is 9.82. The molecule has 7 heteroatoms. The summed E-state index contributed by atoms with van der Waals surface area (Å²) in [4.78, 5) is 17.5. The molecule has 2 aromatic carbocycles. The molecule has 1 aromatic heterocycles. The Morgan fingerprint density at radius 3 is 2.31 bits per heavy atom. The molecule has 1 heterocycles. The lowest BCUT2D eigenvalue weighted by Gasteiger charge is -2.23. The summed E-state index contributed by atoms with van der Waals surface area (Å²) < 4.78 is 25.1. The van der Waals surface area contributed by atoms with Gasteiger partial charge in [-0.2, -0.15) is 0 Å². The number of nitriles is 1. The van der Waals surface area contributed by atoms with Crippen molar-refractivity contribution in [3.8, 4) is 17.9 Å². The highest BCUT2D eigenvalue weighted by Gasteiger charge is 2.86. The second-order valence-corrected chi connectivity index (χ2v) is 8.82. The van der Waals surface area contributed by atoms with Crippen molar-refractivity contribution in [2.24, 2.45) is 10.8 Å². The minimum atomic E-state index is -1.15. The first kappa shape index (κ1) is 21.8. The van der Waals surface area contributed by atoms with E-state index in [-0.39, 0.29) is 5.88 Å². The highest BCUT2D eigenvalue weighted by Crippen LogP contribution is 2.80. The fourth-order valence-corrected chi connectivity index (χ4v) is 5.15. The van der Waals surface area contributed by atoms with E-state index in [1.165, 1.54) is 18.4 Å². The first-order valence-corrected chi connectivity index (χ1v) is 10.3. The molecule has 0 spiro atoms. The number of benzene rings is 2.